The first kappa shape index (κ1) is 37.4. The van der Waals surface area contributed by atoms with E-state index in [1.807, 2.05) is 44.2 Å². The Labute approximate surface area is 315 Å². The summed E-state index contributed by atoms with van der Waals surface area (Å²) in [6, 6.07) is 9.50. The van der Waals surface area contributed by atoms with Gasteiger partial charge in [-0.05, 0) is 105 Å². The summed E-state index contributed by atoms with van der Waals surface area (Å²) in [5.74, 6) is -0.666. The van der Waals surface area contributed by atoms with Crippen LogP contribution in [-0.2, 0) is 23.8 Å². The predicted molar refractivity (Wildman–Crippen MR) is 201 cm³/mol. The van der Waals surface area contributed by atoms with Crippen molar-refractivity contribution in [3.63, 3.8) is 0 Å². The molecule has 8 aliphatic rings. The second-order valence-electron chi connectivity index (χ2n) is 20.4. The number of esters is 2. The number of carbonyl (C=O) groups excluding carboxylic acids is 2. The van der Waals surface area contributed by atoms with Gasteiger partial charge in [0.2, 0.25) is 0 Å². The second-order valence-corrected chi connectivity index (χ2v) is 20.4. The number of allylic oxidation sites excluding steroid dienone is 1. The lowest BCUT2D eigenvalue weighted by Crippen LogP contribution is -2.98. The maximum atomic E-state index is 13.9. The van der Waals surface area contributed by atoms with E-state index in [-0.39, 0.29) is 28.3 Å². The van der Waals surface area contributed by atoms with E-state index >= 15 is 0 Å². The number of hydrogen-bond acceptors (Lipinski definition) is 8. The van der Waals surface area contributed by atoms with E-state index in [1.54, 1.807) is 26.0 Å². The van der Waals surface area contributed by atoms with E-state index in [9.17, 15) is 24.9 Å². The molecule has 0 aromatic heterocycles. The first-order chi connectivity index (χ1) is 24.7. The van der Waals surface area contributed by atoms with E-state index in [1.165, 1.54) is 6.08 Å². The molecular weight excluding hydrogens is 668 g/mol. The van der Waals surface area contributed by atoms with E-state index in [0.29, 0.717) is 30.3 Å². The van der Waals surface area contributed by atoms with Gasteiger partial charge in [0.25, 0.3) is 0 Å². The Kier molecular flexibility index (Phi) is 8.13. The van der Waals surface area contributed by atoms with Crippen molar-refractivity contribution in [3.05, 3.63) is 53.6 Å². The highest BCUT2D eigenvalue weighted by atomic mass is 16.6. The average Bonchev–Trinajstić information content (AvgIpc) is 3.19. The highest BCUT2D eigenvalue weighted by Gasteiger charge is 2.97. The van der Waals surface area contributed by atoms with Gasteiger partial charge in [0.05, 0.1) is 29.3 Å². The van der Waals surface area contributed by atoms with Crippen molar-refractivity contribution < 1.29 is 39.1 Å². The van der Waals surface area contributed by atoms with Gasteiger partial charge in [0, 0.05) is 28.4 Å². The summed E-state index contributed by atoms with van der Waals surface area (Å²) < 4.78 is 20.3. The lowest BCUT2D eigenvalue weighted by Gasteiger charge is -2.89. The van der Waals surface area contributed by atoms with Gasteiger partial charge in [-0.3, -0.25) is 0 Å². The molecule has 1 aromatic rings. The third-order valence-electron chi connectivity index (χ3n) is 17.7. The van der Waals surface area contributed by atoms with Crippen molar-refractivity contribution in [1.82, 2.24) is 0 Å². The minimum atomic E-state index is -1.29. The molecule has 3 N–H and O–H groups in total. The summed E-state index contributed by atoms with van der Waals surface area (Å²) in [6.07, 6.45) is 6.48. The smallest absolute Gasteiger partial charge is 0.333 e. The van der Waals surface area contributed by atoms with Crippen molar-refractivity contribution in [2.24, 2.45) is 50.2 Å². The van der Waals surface area contributed by atoms with Crippen LogP contribution in [0.2, 0.25) is 0 Å². The quantitative estimate of drug-likeness (QED) is 0.215. The number of hydrogen-bond donors (Lipinski definition) is 3. The molecule has 53 heavy (non-hydrogen) atoms. The SMILES string of the molecule is C/C=C(/C)C(=O)OC1[C@H](OC(=O)/C=C\c2ccccc2)C23C4C(CC1(C)C)(OC41CCC4C5(C)CCC(O)C(C)(C)C5CCC4(C)[C@]1(C)C[C@H]2O)[C@@H]3O. The van der Waals surface area contributed by atoms with E-state index in [2.05, 4.69) is 34.6 Å². The molecule has 8 fully saturated rings. The monoisotopic (exact) mass is 730 g/mol. The first-order valence-corrected chi connectivity index (χ1v) is 20.2. The number of ether oxygens (including phenoxy) is 3. The maximum Gasteiger partial charge on any atom is 0.333 e. The van der Waals surface area contributed by atoms with Crippen LogP contribution in [0.3, 0.4) is 0 Å². The van der Waals surface area contributed by atoms with Gasteiger partial charge < -0.3 is 29.5 Å². The zero-order valence-corrected chi connectivity index (χ0v) is 33.3. The summed E-state index contributed by atoms with van der Waals surface area (Å²) in [5, 5.41) is 36.7. The van der Waals surface area contributed by atoms with Gasteiger partial charge in [-0.15, -0.1) is 0 Å². The molecule has 8 nitrogen and oxygen atoms in total. The topological polar surface area (TPSA) is 123 Å². The van der Waals surface area contributed by atoms with Crippen LogP contribution in [0.5, 0.6) is 0 Å². The highest BCUT2D eigenvalue weighted by molar-refractivity contribution is 5.88. The number of rotatable bonds is 5. The molecule has 1 saturated heterocycles. The van der Waals surface area contributed by atoms with Crippen LogP contribution in [0, 0.1) is 50.2 Å². The van der Waals surface area contributed by atoms with Crippen LogP contribution in [-0.4, -0.2) is 69.0 Å². The van der Waals surface area contributed by atoms with E-state index in [4.69, 9.17) is 14.2 Å². The summed E-state index contributed by atoms with van der Waals surface area (Å²) in [6.45, 7) is 19.2. The molecule has 1 aliphatic heterocycles. The van der Waals surface area contributed by atoms with Gasteiger partial charge in [-0.25, -0.2) is 9.59 Å². The lowest BCUT2D eigenvalue weighted by atomic mass is 9.23. The van der Waals surface area contributed by atoms with Gasteiger partial charge in [-0.1, -0.05) is 84.9 Å². The van der Waals surface area contributed by atoms with Crippen molar-refractivity contribution >= 4 is 18.0 Å². The number of fused-ring (bicyclic) bond motifs is 7. The molecule has 290 valence electrons. The minimum absolute atomic E-state index is 0.0306. The molecule has 8 heteroatoms. The summed E-state index contributed by atoms with van der Waals surface area (Å²) in [5.41, 5.74) is -3.21. The third-order valence-corrected chi connectivity index (χ3v) is 17.7. The number of carbonyl (C=O) groups is 2. The van der Waals surface area contributed by atoms with Gasteiger partial charge in [-0.2, -0.15) is 0 Å². The Morgan fingerprint density at radius 1 is 0.849 bits per heavy atom. The van der Waals surface area contributed by atoms with Crippen molar-refractivity contribution in [3.8, 4) is 0 Å². The minimum Gasteiger partial charge on any atom is -0.454 e. The number of benzene rings is 1. The fraction of sp³-hybridized carbons (Fsp3) is 0.733. The highest BCUT2D eigenvalue weighted by Crippen LogP contribution is 2.88. The Balaban J connectivity index is 1.23. The van der Waals surface area contributed by atoms with Crippen LogP contribution in [0.25, 0.3) is 6.08 Å². The zero-order chi connectivity index (χ0) is 38.4. The Bertz CT molecular complexity index is 1750. The van der Waals surface area contributed by atoms with Gasteiger partial charge in [0.15, 0.2) is 6.10 Å². The Morgan fingerprint density at radius 2 is 1.53 bits per heavy atom. The first-order valence-electron chi connectivity index (χ1n) is 20.2. The lowest BCUT2D eigenvalue weighted by molar-refractivity contribution is -0.543. The van der Waals surface area contributed by atoms with Crippen LogP contribution >= 0.6 is 0 Å². The molecule has 0 radical (unpaired) electrons. The molecule has 14 atom stereocenters. The molecule has 7 aliphatic carbocycles. The average molecular weight is 731 g/mol. The molecular formula is C45H62O8. The fourth-order valence-corrected chi connectivity index (χ4v) is 15.1. The molecule has 2 bridgehead atoms. The number of aliphatic hydroxyl groups excluding tert-OH is 3. The van der Waals surface area contributed by atoms with Crippen LogP contribution in [0.4, 0.5) is 0 Å². The molecule has 7 saturated carbocycles. The van der Waals surface area contributed by atoms with Crippen molar-refractivity contribution in [2.45, 2.75) is 155 Å². The Hall–Kier alpha value is -2.52. The molecule has 9 rings (SSSR count). The molecule has 0 amide bonds. The van der Waals surface area contributed by atoms with Crippen molar-refractivity contribution in [1.29, 1.82) is 0 Å². The molecule has 10 unspecified atom stereocenters. The van der Waals surface area contributed by atoms with Crippen LogP contribution in [0.1, 0.15) is 119 Å². The van der Waals surface area contributed by atoms with Crippen LogP contribution < -0.4 is 0 Å². The third kappa shape index (κ3) is 4.39. The van der Waals surface area contributed by atoms with E-state index < -0.39 is 63.8 Å². The van der Waals surface area contributed by atoms with Gasteiger partial charge >= 0.3 is 11.9 Å². The molecule has 3 spiro atoms. The normalized spacial score (nSPS) is 50.2. The summed E-state index contributed by atoms with van der Waals surface area (Å²) >= 11 is 0. The fourth-order valence-electron chi connectivity index (χ4n) is 15.1. The molecule has 1 aromatic carbocycles. The van der Waals surface area contributed by atoms with E-state index in [0.717, 1.165) is 44.1 Å². The summed E-state index contributed by atoms with van der Waals surface area (Å²) in [7, 11) is 0. The Morgan fingerprint density at radius 3 is 2.21 bits per heavy atom. The predicted octanol–water partition coefficient (Wildman–Crippen LogP) is 7.19. The largest absolute Gasteiger partial charge is 0.454 e. The van der Waals surface area contributed by atoms with Crippen LogP contribution in [0.15, 0.2) is 48.1 Å². The van der Waals surface area contributed by atoms with Crippen molar-refractivity contribution in [2.75, 3.05) is 0 Å². The number of aliphatic hydroxyl groups is 3. The standard InChI is InChI=1S/C45H62O8/c1-10-26(2)35(49)52-33-34(51-32(48)17-16-27-14-12-11-13-15-27)45-31(47)24-42(9)41(8)22-18-28-39(5,6)30(46)20-21-40(28,7)29(41)19-23-44(42)36(45)43(53-44,37(45)50)25-38(33,3)4/h10-17,28-31,33-34,36-37,46-47,50H,18-25H2,1-9H3/b17-16-,26-10-/t28?,29?,30?,31-,33?,34+,36?,37+,40?,41?,42+,43?,44?,45?/m1/s1. The zero-order valence-electron chi connectivity index (χ0n) is 33.3. The maximum absolute atomic E-state index is 13.9. The second kappa shape index (κ2) is 11.5. The van der Waals surface area contributed by atoms with Gasteiger partial charge in [0.1, 0.15) is 11.7 Å². The molecule has 1 heterocycles. The summed E-state index contributed by atoms with van der Waals surface area (Å²) in [4.78, 5) is 27.5.